The Balaban J connectivity index is 2.34. The fraction of sp³-hybridized carbons (Fsp3) is 0.412. The highest BCUT2D eigenvalue weighted by atomic mass is 16.1. The second-order valence-electron chi connectivity index (χ2n) is 6.17. The van der Waals surface area contributed by atoms with E-state index in [1.54, 1.807) is 6.07 Å². The Morgan fingerprint density at radius 1 is 1.27 bits per heavy atom. The predicted octanol–water partition coefficient (Wildman–Crippen LogP) is 1.74. The molecular formula is C17H23N3O2. The van der Waals surface area contributed by atoms with E-state index in [-0.39, 0.29) is 17.3 Å². The summed E-state index contributed by atoms with van der Waals surface area (Å²) in [4.78, 5) is 27.0. The Morgan fingerprint density at radius 3 is 2.55 bits per heavy atom. The van der Waals surface area contributed by atoms with Crippen LogP contribution in [-0.4, -0.2) is 16.9 Å². The van der Waals surface area contributed by atoms with E-state index in [9.17, 15) is 9.59 Å². The van der Waals surface area contributed by atoms with E-state index in [2.05, 4.69) is 10.3 Å². The molecule has 0 aliphatic rings. The van der Waals surface area contributed by atoms with Gasteiger partial charge in [0.15, 0.2) is 5.43 Å². The Labute approximate surface area is 129 Å². The summed E-state index contributed by atoms with van der Waals surface area (Å²) in [6.45, 7) is 8.20. The molecule has 0 fully saturated rings. The second kappa shape index (κ2) is 6.32. The van der Waals surface area contributed by atoms with Gasteiger partial charge in [0.1, 0.15) is 0 Å². The molecule has 1 aromatic carbocycles. The van der Waals surface area contributed by atoms with Crippen LogP contribution in [0.4, 0.5) is 0 Å². The number of rotatable bonds is 5. The van der Waals surface area contributed by atoms with Gasteiger partial charge in [-0.3, -0.25) is 9.59 Å². The van der Waals surface area contributed by atoms with E-state index >= 15 is 0 Å². The summed E-state index contributed by atoms with van der Waals surface area (Å²) < 4.78 is 0. The number of fused-ring (bicyclic) bond motifs is 1. The van der Waals surface area contributed by atoms with Crippen LogP contribution in [0.5, 0.6) is 0 Å². The van der Waals surface area contributed by atoms with Crippen molar-refractivity contribution >= 4 is 16.8 Å². The largest absolute Gasteiger partial charge is 0.368 e. The first-order valence-electron chi connectivity index (χ1n) is 7.45. The molecule has 0 spiro atoms. The molecule has 1 unspecified atom stereocenters. The van der Waals surface area contributed by atoms with Gasteiger partial charge in [0, 0.05) is 23.7 Å². The highest BCUT2D eigenvalue weighted by Gasteiger charge is 2.18. The number of benzene rings is 1. The van der Waals surface area contributed by atoms with Gasteiger partial charge in [-0.2, -0.15) is 0 Å². The molecule has 4 N–H and O–H groups in total. The molecule has 22 heavy (non-hydrogen) atoms. The molecule has 0 radical (unpaired) electrons. The molecular weight excluding hydrogens is 278 g/mol. The van der Waals surface area contributed by atoms with Gasteiger partial charge in [0.05, 0.1) is 11.6 Å². The molecule has 0 saturated heterocycles. The highest BCUT2D eigenvalue weighted by Crippen LogP contribution is 2.16. The SMILES string of the molecule is Cc1cc(C)c2[nH]c(CNC(C(N)=O)C(C)C)cc(=O)c2c1. The number of H-pyrrole nitrogens is 1. The van der Waals surface area contributed by atoms with Crippen LogP contribution in [0.15, 0.2) is 23.0 Å². The number of carbonyl (C=O) groups is 1. The van der Waals surface area contributed by atoms with Crippen molar-refractivity contribution in [2.24, 2.45) is 11.7 Å². The maximum absolute atomic E-state index is 12.3. The molecule has 1 atom stereocenters. The van der Waals surface area contributed by atoms with Gasteiger partial charge in [-0.15, -0.1) is 0 Å². The van der Waals surface area contributed by atoms with Crippen LogP contribution in [0, 0.1) is 19.8 Å². The first-order chi connectivity index (χ1) is 10.3. The van der Waals surface area contributed by atoms with Gasteiger partial charge in [-0.1, -0.05) is 19.9 Å². The van der Waals surface area contributed by atoms with E-state index < -0.39 is 6.04 Å². The van der Waals surface area contributed by atoms with Crippen LogP contribution in [-0.2, 0) is 11.3 Å². The van der Waals surface area contributed by atoms with Gasteiger partial charge in [-0.25, -0.2) is 0 Å². The summed E-state index contributed by atoms with van der Waals surface area (Å²) in [5.74, 6) is -0.293. The number of nitrogens with two attached hydrogens (primary N) is 1. The summed E-state index contributed by atoms with van der Waals surface area (Å²) in [5.41, 5.74) is 9.06. The molecule has 0 aliphatic heterocycles. The van der Waals surface area contributed by atoms with Crippen molar-refractivity contribution in [1.82, 2.24) is 10.3 Å². The zero-order valence-electron chi connectivity index (χ0n) is 13.5. The summed E-state index contributed by atoms with van der Waals surface area (Å²) in [6.07, 6.45) is 0. The lowest BCUT2D eigenvalue weighted by molar-refractivity contribution is -0.121. The van der Waals surface area contributed by atoms with Crippen LogP contribution in [0.25, 0.3) is 10.9 Å². The monoisotopic (exact) mass is 301 g/mol. The molecule has 0 saturated carbocycles. The minimum absolute atomic E-state index is 0.0162. The van der Waals surface area contributed by atoms with Crippen LogP contribution >= 0.6 is 0 Å². The fourth-order valence-electron chi connectivity index (χ4n) is 2.74. The average molecular weight is 301 g/mol. The van der Waals surface area contributed by atoms with Crippen LogP contribution < -0.4 is 16.5 Å². The van der Waals surface area contributed by atoms with E-state index in [1.807, 2.05) is 39.8 Å². The third kappa shape index (κ3) is 3.36. The average Bonchev–Trinajstić information content (AvgIpc) is 2.39. The van der Waals surface area contributed by atoms with Gasteiger partial charge in [-0.05, 0) is 37.0 Å². The van der Waals surface area contributed by atoms with Crippen molar-refractivity contribution in [2.75, 3.05) is 0 Å². The van der Waals surface area contributed by atoms with Crippen molar-refractivity contribution in [1.29, 1.82) is 0 Å². The molecule has 2 aromatic rings. The number of hydrogen-bond donors (Lipinski definition) is 3. The molecule has 118 valence electrons. The Bertz CT molecular complexity index is 762. The minimum Gasteiger partial charge on any atom is -0.368 e. The summed E-state index contributed by atoms with van der Waals surface area (Å²) in [7, 11) is 0. The van der Waals surface area contributed by atoms with Crippen LogP contribution in [0.1, 0.15) is 30.7 Å². The third-order valence-electron chi connectivity index (χ3n) is 3.82. The van der Waals surface area contributed by atoms with Crippen molar-refractivity contribution in [3.8, 4) is 0 Å². The maximum Gasteiger partial charge on any atom is 0.234 e. The molecule has 5 nitrogen and oxygen atoms in total. The summed E-state index contributed by atoms with van der Waals surface area (Å²) in [5, 5.41) is 3.80. The third-order valence-corrected chi connectivity index (χ3v) is 3.82. The molecule has 1 heterocycles. The van der Waals surface area contributed by atoms with E-state index in [0.29, 0.717) is 11.9 Å². The van der Waals surface area contributed by atoms with Crippen LogP contribution in [0.3, 0.4) is 0 Å². The van der Waals surface area contributed by atoms with Gasteiger partial charge < -0.3 is 16.0 Å². The van der Waals surface area contributed by atoms with Gasteiger partial charge in [0.25, 0.3) is 0 Å². The molecule has 2 rings (SSSR count). The lowest BCUT2D eigenvalue weighted by Gasteiger charge is -2.19. The molecule has 1 aromatic heterocycles. The van der Waals surface area contributed by atoms with Crippen molar-refractivity contribution in [3.05, 3.63) is 45.2 Å². The number of aromatic amines is 1. The number of nitrogens with one attached hydrogen (secondary N) is 2. The van der Waals surface area contributed by atoms with E-state index in [0.717, 1.165) is 22.3 Å². The fourth-order valence-corrected chi connectivity index (χ4v) is 2.74. The number of carbonyl (C=O) groups excluding carboxylic acids is 1. The molecule has 1 amide bonds. The Morgan fingerprint density at radius 2 is 1.95 bits per heavy atom. The molecule has 5 heteroatoms. The Kier molecular flexibility index (Phi) is 4.66. The second-order valence-corrected chi connectivity index (χ2v) is 6.17. The number of aromatic nitrogens is 1. The summed E-state index contributed by atoms with van der Waals surface area (Å²) in [6, 6.07) is 5.08. The summed E-state index contributed by atoms with van der Waals surface area (Å²) >= 11 is 0. The topological polar surface area (TPSA) is 88.0 Å². The molecule has 0 bridgehead atoms. The Hall–Kier alpha value is -2.14. The van der Waals surface area contributed by atoms with E-state index in [1.165, 1.54) is 0 Å². The van der Waals surface area contributed by atoms with Gasteiger partial charge >= 0.3 is 0 Å². The zero-order chi connectivity index (χ0) is 16.4. The van der Waals surface area contributed by atoms with Crippen molar-refractivity contribution in [2.45, 2.75) is 40.3 Å². The number of pyridine rings is 1. The highest BCUT2D eigenvalue weighted by molar-refractivity contribution is 5.82. The van der Waals surface area contributed by atoms with Crippen LogP contribution in [0.2, 0.25) is 0 Å². The number of hydrogen-bond acceptors (Lipinski definition) is 3. The number of aryl methyl sites for hydroxylation is 2. The quantitative estimate of drug-likeness (QED) is 0.786. The number of primary amides is 1. The van der Waals surface area contributed by atoms with Crippen molar-refractivity contribution in [3.63, 3.8) is 0 Å². The predicted molar refractivity (Wildman–Crippen MR) is 88.7 cm³/mol. The maximum atomic E-state index is 12.3. The smallest absolute Gasteiger partial charge is 0.234 e. The van der Waals surface area contributed by atoms with E-state index in [4.69, 9.17) is 5.73 Å². The molecule has 0 aliphatic carbocycles. The minimum atomic E-state index is -0.418. The zero-order valence-corrected chi connectivity index (χ0v) is 13.5. The van der Waals surface area contributed by atoms with Gasteiger partial charge in [0.2, 0.25) is 5.91 Å². The van der Waals surface area contributed by atoms with Crippen molar-refractivity contribution < 1.29 is 4.79 Å². The first kappa shape index (κ1) is 16.2. The standard InChI is InChI=1S/C17H23N3O2/c1-9(2)15(17(18)22)19-8-12-7-14(21)13-6-10(3)5-11(4)16(13)20-12/h5-7,9,15,19H,8H2,1-4H3,(H2,18,22)(H,20,21). The normalized spacial score (nSPS) is 12.8. The lowest BCUT2D eigenvalue weighted by atomic mass is 10.0. The lowest BCUT2D eigenvalue weighted by Crippen LogP contribution is -2.44. The first-order valence-corrected chi connectivity index (χ1v) is 7.45. The number of amides is 1.